The molecule has 1 heterocycles. The van der Waals surface area contributed by atoms with Crippen LogP contribution in [0.5, 0.6) is 0 Å². The molecule has 0 aromatic heterocycles. The lowest BCUT2D eigenvalue weighted by Crippen LogP contribution is -2.18. The number of fused-ring (bicyclic) bond motifs is 2. The zero-order valence-corrected chi connectivity index (χ0v) is 13.0. The maximum atomic E-state index is 2.38. The van der Waals surface area contributed by atoms with Crippen molar-refractivity contribution in [1.82, 2.24) is 4.90 Å². The summed E-state index contributed by atoms with van der Waals surface area (Å²) in [4.78, 5) is 4.51. The number of benzene rings is 2. The molecule has 108 valence electrons. The lowest BCUT2D eigenvalue weighted by molar-refractivity contribution is 0.417. The van der Waals surface area contributed by atoms with Gasteiger partial charge in [-0.1, -0.05) is 42.5 Å². The molecule has 0 bridgehead atoms. The highest BCUT2D eigenvalue weighted by molar-refractivity contribution is 5.97. The standard InChI is InChI=1S/C19H22N2/c1-20(2)14-8-11-15-16-9-4-6-12-18(16)21(3)19-13-7-5-10-17(15)19/h4-7,9-13H,8,14H2,1-3H3. The number of rotatable bonds is 3. The normalized spacial score (nSPS) is 13.1. The Bertz CT molecular complexity index is 621. The molecule has 2 aromatic carbocycles. The first kappa shape index (κ1) is 13.9. The first-order valence-corrected chi connectivity index (χ1v) is 7.46. The maximum absolute atomic E-state index is 2.38. The summed E-state index contributed by atoms with van der Waals surface area (Å²) in [6.07, 6.45) is 3.44. The van der Waals surface area contributed by atoms with Crippen LogP contribution < -0.4 is 4.90 Å². The van der Waals surface area contributed by atoms with Crippen LogP contribution in [0.3, 0.4) is 0 Å². The molecule has 0 amide bonds. The Morgan fingerprint density at radius 3 is 1.95 bits per heavy atom. The Labute approximate surface area is 127 Å². The van der Waals surface area contributed by atoms with Gasteiger partial charge >= 0.3 is 0 Å². The van der Waals surface area contributed by atoms with E-state index in [1.165, 1.54) is 28.1 Å². The minimum absolute atomic E-state index is 1.06. The maximum Gasteiger partial charge on any atom is 0.0488 e. The smallest absolute Gasteiger partial charge is 0.0488 e. The summed E-state index contributed by atoms with van der Waals surface area (Å²) in [5, 5.41) is 0. The van der Waals surface area contributed by atoms with Gasteiger partial charge in [0.15, 0.2) is 0 Å². The van der Waals surface area contributed by atoms with Gasteiger partial charge in [0.2, 0.25) is 0 Å². The molecule has 0 fully saturated rings. The number of nitrogens with zero attached hydrogens (tertiary/aromatic N) is 2. The van der Waals surface area contributed by atoms with Crippen LogP contribution in [-0.4, -0.2) is 32.6 Å². The summed E-state index contributed by atoms with van der Waals surface area (Å²) in [7, 11) is 6.39. The van der Waals surface area contributed by atoms with Gasteiger partial charge < -0.3 is 9.80 Å². The van der Waals surface area contributed by atoms with Gasteiger partial charge in [0.05, 0.1) is 0 Å². The fourth-order valence-corrected chi connectivity index (χ4v) is 2.95. The van der Waals surface area contributed by atoms with Crippen molar-refractivity contribution in [2.24, 2.45) is 0 Å². The van der Waals surface area contributed by atoms with Crippen LogP contribution in [0, 0.1) is 0 Å². The number of hydrogen-bond acceptors (Lipinski definition) is 2. The second-order valence-corrected chi connectivity index (χ2v) is 5.80. The molecule has 2 aromatic rings. The molecule has 0 saturated heterocycles. The van der Waals surface area contributed by atoms with Gasteiger partial charge in [-0.15, -0.1) is 0 Å². The Morgan fingerprint density at radius 1 is 0.905 bits per heavy atom. The van der Waals surface area contributed by atoms with E-state index < -0.39 is 0 Å². The highest BCUT2D eigenvalue weighted by Gasteiger charge is 2.22. The van der Waals surface area contributed by atoms with Gasteiger partial charge in [0.25, 0.3) is 0 Å². The minimum atomic E-state index is 1.06. The van der Waals surface area contributed by atoms with Crippen molar-refractivity contribution in [3.8, 4) is 0 Å². The second kappa shape index (κ2) is 5.74. The summed E-state index contributed by atoms with van der Waals surface area (Å²) in [5.41, 5.74) is 6.59. The second-order valence-electron chi connectivity index (χ2n) is 5.80. The van der Waals surface area contributed by atoms with E-state index in [0.29, 0.717) is 0 Å². The van der Waals surface area contributed by atoms with E-state index in [9.17, 15) is 0 Å². The Morgan fingerprint density at radius 2 is 1.43 bits per heavy atom. The molecule has 0 aliphatic carbocycles. The van der Waals surface area contributed by atoms with E-state index >= 15 is 0 Å². The lowest BCUT2D eigenvalue weighted by atomic mass is 9.90. The average molecular weight is 278 g/mol. The summed E-state index contributed by atoms with van der Waals surface area (Å²) in [6, 6.07) is 17.3. The monoisotopic (exact) mass is 278 g/mol. The molecule has 0 spiro atoms. The van der Waals surface area contributed by atoms with Crippen LogP contribution >= 0.6 is 0 Å². The topological polar surface area (TPSA) is 6.48 Å². The largest absolute Gasteiger partial charge is 0.344 e. The van der Waals surface area contributed by atoms with Gasteiger partial charge in [-0.2, -0.15) is 0 Å². The molecule has 3 rings (SSSR count). The third-order valence-corrected chi connectivity index (χ3v) is 4.04. The fraction of sp³-hybridized carbons (Fsp3) is 0.263. The van der Waals surface area contributed by atoms with E-state index in [2.05, 4.69) is 85.5 Å². The molecule has 21 heavy (non-hydrogen) atoms. The van der Waals surface area contributed by atoms with E-state index in [1.54, 1.807) is 0 Å². The average Bonchev–Trinajstić information content (AvgIpc) is 2.50. The predicted molar refractivity (Wildman–Crippen MR) is 91.2 cm³/mol. The molecule has 1 aliphatic heterocycles. The molecule has 1 aliphatic rings. The van der Waals surface area contributed by atoms with Crippen molar-refractivity contribution in [1.29, 1.82) is 0 Å². The molecule has 0 unspecified atom stereocenters. The molecular weight excluding hydrogens is 256 g/mol. The van der Waals surface area contributed by atoms with Gasteiger partial charge in [0, 0.05) is 36.1 Å². The highest BCUT2D eigenvalue weighted by atomic mass is 15.1. The van der Waals surface area contributed by atoms with Crippen LogP contribution in [0.4, 0.5) is 11.4 Å². The van der Waals surface area contributed by atoms with Gasteiger partial charge in [-0.05, 0) is 38.2 Å². The number of para-hydroxylation sites is 2. The van der Waals surface area contributed by atoms with Crippen molar-refractivity contribution in [3.63, 3.8) is 0 Å². The third kappa shape index (κ3) is 2.59. The summed E-state index contributed by atoms with van der Waals surface area (Å²) in [6.45, 7) is 1.07. The molecule has 0 radical (unpaired) electrons. The first-order valence-electron chi connectivity index (χ1n) is 7.46. The molecule has 2 nitrogen and oxygen atoms in total. The molecular formula is C19H22N2. The zero-order chi connectivity index (χ0) is 14.8. The van der Waals surface area contributed by atoms with E-state index in [4.69, 9.17) is 0 Å². The summed E-state index contributed by atoms with van der Waals surface area (Å²) >= 11 is 0. The quantitative estimate of drug-likeness (QED) is 0.832. The summed E-state index contributed by atoms with van der Waals surface area (Å²) < 4.78 is 0. The van der Waals surface area contributed by atoms with Crippen molar-refractivity contribution in [2.75, 3.05) is 32.6 Å². The summed E-state index contributed by atoms with van der Waals surface area (Å²) in [5.74, 6) is 0. The Kier molecular flexibility index (Phi) is 3.80. The lowest BCUT2D eigenvalue weighted by Gasteiger charge is -2.31. The third-order valence-electron chi connectivity index (χ3n) is 4.04. The van der Waals surface area contributed by atoms with Crippen LogP contribution in [0.1, 0.15) is 17.5 Å². The molecule has 0 saturated carbocycles. The predicted octanol–water partition coefficient (Wildman–Crippen LogP) is 4.15. The van der Waals surface area contributed by atoms with Crippen LogP contribution in [0.15, 0.2) is 54.6 Å². The van der Waals surface area contributed by atoms with E-state index in [1.807, 2.05) is 0 Å². The first-order chi connectivity index (χ1) is 10.2. The minimum Gasteiger partial charge on any atom is -0.344 e. The van der Waals surface area contributed by atoms with Crippen molar-refractivity contribution in [3.05, 3.63) is 65.7 Å². The molecule has 2 heteroatoms. The van der Waals surface area contributed by atoms with E-state index in [-0.39, 0.29) is 0 Å². The SMILES string of the molecule is CN(C)CCC=C1c2ccccc2N(C)c2ccccc21. The Balaban J connectivity index is 2.09. The molecule has 0 atom stereocenters. The zero-order valence-electron chi connectivity index (χ0n) is 13.0. The highest BCUT2D eigenvalue weighted by Crippen LogP contribution is 2.43. The number of anilines is 2. The van der Waals surface area contributed by atoms with E-state index in [0.717, 1.165) is 13.0 Å². The van der Waals surface area contributed by atoms with Crippen molar-refractivity contribution in [2.45, 2.75) is 6.42 Å². The van der Waals surface area contributed by atoms with Crippen LogP contribution in [0.2, 0.25) is 0 Å². The molecule has 0 N–H and O–H groups in total. The van der Waals surface area contributed by atoms with Gasteiger partial charge in [-0.3, -0.25) is 0 Å². The van der Waals surface area contributed by atoms with Gasteiger partial charge in [-0.25, -0.2) is 0 Å². The van der Waals surface area contributed by atoms with Crippen LogP contribution in [-0.2, 0) is 0 Å². The van der Waals surface area contributed by atoms with Crippen LogP contribution in [0.25, 0.3) is 5.57 Å². The Hall–Kier alpha value is -2.06. The van der Waals surface area contributed by atoms with Crippen molar-refractivity contribution >= 4 is 16.9 Å². The van der Waals surface area contributed by atoms with Gasteiger partial charge in [0.1, 0.15) is 0 Å². The van der Waals surface area contributed by atoms with Crippen molar-refractivity contribution < 1.29 is 0 Å². The number of hydrogen-bond donors (Lipinski definition) is 0. The fourth-order valence-electron chi connectivity index (χ4n) is 2.95.